The normalized spacial score (nSPS) is 18.9. The van der Waals surface area contributed by atoms with Crippen molar-refractivity contribution in [3.05, 3.63) is 34.2 Å². The monoisotopic (exact) mass is 235 g/mol. The average Bonchev–Trinajstić information content (AvgIpc) is 2.29. The third-order valence-electron chi connectivity index (χ3n) is 3.62. The number of hydrogen-bond donors (Lipinski definition) is 1. The Morgan fingerprint density at radius 1 is 1.35 bits per heavy atom. The summed E-state index contributed by atoms with van der Waals surface area (Å²) in [5, 5.41) is 9.48. The SMILES string of the molecule is Cc1ccn(C2(C(=O)O)CCCCC2)c(=O)c1. The summed E-state index contributed by atoms with van der Waals surface area (Å²) in [6.07, 6.45) is 5.50. The molecule has 1 aromatic rings. The second kappa shape index (κ2) is 4.35. The van der Waals surface area contributed by atoms with E-state index in [1.54, 1.807) is 12.3 Å². The van der Waals surface area contributed by atoms with Gasteiger partial charge in [0.15, 0.2) is 0 Å². The molecular formula is C13H17NO3. The predicted molar refractivity (Wildman–Crippen MR) is 64.1 cm³/mol. The lowest BCUT2D eigenvalue weighted by Crippen LogP contribution is -2.48. The molecule has 0 spiro atoms. The topological polar surface area (TPSA) is 59.3 Å². The molecule has 2 rings (SSSR count). The zero-order valence-corrected chi connectivity index (χ0v) is 9.98. The quantitative estimate of drug-likeness (QED) is 0.851. The first-order valence-corrected chi connectivity index (χ1v) is 5.99. The Hall–Kier alpha value is -1.58. The summed E-state index contributed by atoms with van der Waals surface area (Å²) in [7, 11) is 0. The summed E-state index contributed by atoms with van der Waals surface area (Å²) in [6.45, 7) is 1.83. The average molecular weight is 235 g/mol. The third kappa shape index (κ3) is 1.99. The molecule has 4 nitrogen and oxygen atoms in total. The van der Waals surface area contributed by atoms with E-state index in [0.717, 1.165) is 24.8 Å². The molecule has 4 heteroatoms. The van der Waals surface area contributed by atoms with Gasteiger partial charge in [0.05, 0.1) is 0 Å². The van der Waals surface area contributed by atoms with Crippen molar-refractivity contribution in [1.82, 2.24) is 4.57 Å². The number of carboxylic acids is 1. The van der Waals surface area contributed by atoms with E-state index in [2.05, 4.69) is 0 Å². The van der Waals surface area contributed by atoms with E-state index in [0.29, 0.717) is 12.8 Å². The van der Waals surface area contributed by atoms with Crippen LogP contribution in [0.4, 0.5) is 0 Å². The molecule has 1 N–H and O–H groups in total. The van der Waals surface area contributed by atoms with E-state index in [-0.39, 0.29) is 5.56 Å². The van der Waals surface area contributed by atoms with Gasteiger partial charge in [-0.1, -0.05) is 19.3 Å². The van der Waals surface area contributed by atoms with Crippen molar-refractivity contribution in [3.63, 3.8) is 0 Å². The van der Waals surface area contributed by atoms with Crippen LogP contribution in [0.5, 0.6) is 0 Å². The largest absolute Gasteiger partial charge is 0.479 e. The molecule has 0 bridgehead atoms. The molecule has 0 amide bonds. The Labute approximate surface area is 99.9 Å². The highest BCUT2D eigenvalue weighted by Gasteiger charge is 2.41. The number of rotatable bonds is 2. The van der Waals surface area contributed by atoms with Crippen LogP contribution in [0.15, 0.2) is 23.1 Å². The minimum atomic E-state index is -1.02. The summed E-state index contributed by atoms with van der Waals surface area (Å²) in [5.74, 6) is -0.886. The molecule has 0 radical (unpaired) electrons. The van der Waals surface area contributed by atoms with E-state index in [1.807, 2.05) is 6.92 Å². The summed E-state index contributed by atoms with van der Waals surface area (Å²) in [4.78, 5) is 23.5. The Morgan fingerprint density at radius 2 is 2.00 bits per heavy atom. The van der Waals surface area contributed by atoms with E-state index in [9.17, 15) is 14.7 Å². The van der Waals surface area contributed by atoms with Crippen LogP contribution in [-0.2, 0) is 10.3 Å². The fourth-order valence-electron chi connectivity index (χ4n) is 2.63. The van der Waals surface area contributed by atoms with Crippen LogP contribution in [0.3, 0.4) is 0 Å². The molecule has 92 valence electrons. The van der Waals surface area contributed by atoms with Gasteiger partial charge < -0.3 is 5.11 Å². The Balaban J connectivity index is 2.53. The van der Waals surface area contributed by atoms with Gasteiger partial charge in [0.2, 0.25) is 0 Å². The Kier molecular flexibility index (Phi) is 3.05. The van der Waals surface area contributed by atoms with Crippen LogP contribution in [0, 0.1) is 6.92 Å². The van der Waals surface area contributed by atoms with E-state index >= 15 is 0 Å². The maximum atomic E-state index is 11.9. The number of aryl methyl sites for hydroxylation is 1. The van der Waals surface area contributed by atoms with Crippen molar-refractivity contribution in [2.75, 3.05) is 0 Å². The molecule has 17 heavy (non-hydrogen) atoms. The molecule has 0 unspecified atom stereocenters. The number of hydrogen-bond acceptors (Lipinski definition) is 2. The molecule has 1 aliphatic carbocycles. The highest BCUT2D eigenvalue weighted by Crippen LogP contribution is 2.34. The first-order chi connectivity index (χ1) is 8.06. The molecule has 1 fully saturated rings. The molecule has 1 saturated carbocycles. The summed E-state index contributed by atoms with van der Waals surface area (Å²) in [6, 6.07) is 3.29. The minimum absolute atomic E-state index is 0.214. The summed E-state index contributed by atoms with van der Waals surface area (Å²) >= 11 is 0. The first kappa shape index (κ1) is 11.9. The van der Waals surface area contributed by atoms with Crippen LogP contribution in [0.1, 0.15) is 37.7 Å². The van der Waals surface area contributed by atoms with Gasteiger partial charge in [-0.05, 0) is 31.4 Å². The van der Waals surface area contributed by atoms with Gasteiger partial charge in [-0.2, -0.15) is 0 Å². The van der Waals surface area contributed by atoms with E-state index in [4.69, 9.17) is 0 Å². The van der Waals surface area contributed by atoms with Gasteiger partial charge in [-0.3, -0.25) is 9.36 Å². The zero-order chi connectivity index (χ0) is 12.5. The molecular weight excluding hydrogens is 218 g/mol. The number of carbonyl (C=O) groups is 1. The third-order valence-corrected chi connectivity index (χ3v) is 3.62. The molecule has 0 aromatic carbocycles. The second-order valence-corrected chi connectivity index (χ2v) is 4.81. The maximum absolute atomic E-state index is 11.9. The first-order valence-electron chi connectivity index (χ1n) is 5.99. The van der Waals surface area contributed by atoms with Gasteiger partial charge in [0.1, 0.15) is 5.54 Å². The van der Waals surface area contributed by atoms with Crippen molar-refractivity contribution in [3.8, 4) is 0 Å². The lowest BCUT2D eigenvalue weighted by atomic mass is 9.81. The van der Waals surface area contributed by atoms with Gasteiger partial charge in [-0.25, -0.2) is 4.79 Å². The Morgan fingerprint density at radius 3 is 2.53 bits per heavy atom. The summed E-state index contributed by atoms with van der Waals surface area (Å²) in [5.41, 5.74) is -0.375. The van der Waals surface area contributed by atoms with Crippen molar-refractivity contribution >= 4 is 5.97 Å². The number of aliphatic carboxylic acids is 1. The lowest BCUT2D eigenvalue weighted by Gasteiger charge is -2.34. The molecule has 0 atom stereocenters. The van der Waals surface area contributed by atoms with Crippen molar-refractivity contribution in [2.24, 2.45) is 0 Å². The number of carboxylic acid groups (broad SMARTS) is 1. The minimum Gasteiger partial charge on any atom is -0.479 e. The van der Waals surface area contributed by atoms with Crippen LogP contribution < -0.4 is 5.56 Å². The highest BCUT2D eigenvalue weighted by atomic mass is 16.4. The molecule has 0 saturated heterocycles. The van der Waals surface area contributed by atoms with E-state index in [1.165, 1.54) is 10.6 Å². The van der Waals surface area contributed by atoms with E-state index < -0.39 is 11.5 Å². The molecule has 0 aliphatic heterocycles. The maximum Gasteiger partial charge on any atom is 0.329 e. The van der Waals surface area contributed by atoms with Gasteiger partial charge in [0.25, 0.3) is 5.56 Å². The van der Waals surface area contributed by atoms with Crippen molar-refractivity contribution in [1.29, 1.82) is 0 Å². The Bertz CT molecular complexity index is 484. The lowest BCUT2D eigenvalue weighted by molar-refractivity contribution is -0.149. The van der Waals surface area contributed by atoms with Crippen LogP contribution in [0.25, 0.3) is 0 Å². The zero-order valence-electron chi connectivity index (χ0n) is 9.98. The number of pyridine rings is 1. The fourth-order valence-corrected chi connectivity index (χ4v) is 2.63. The smallest absolute Gasteiger partial charge is 0.329 e. The molecule has 1 heterocycles. The van der Waals surface area contributed by atoms with Crippen molar-refractivity contribution < 1.29 is 9.90 Å². The fraction of sp³-hybridized carbons (Fsp3) is 0.538. The van der Waals surface area contributed by atoms with Gasteiger partial charge in [-0.15, -0.1) is 0 Å². The van der Waals surface area contributed by atoms with Crippen LogP contribution >= 0.6 is 0 Å². The molecule has 1 aromatic heterocycles. The van der Waals surface area contributed by atoms with Crippen LogP contribution in [-0.4, -0.2) is 15.6 Å². The highest BCUT2D eigenvalue weighted by molar-refractivity contribution is 5.76. The standard InChI is InChI=1S/C13H17NO3/c1-10-5-8-14(11(15)9-10)13(12(16)17)6-3-2-4-7-13/h5,8-9H,2-4,6-7H2,1H3,(H,16,17). The van der Waals surface area contributed by atoms with Gasteiger partial charge in [0, 0.05) is 12.3 Å². The predicted octanol–water partition coefficient (Wildman–Crippen LogP) is 1.90. The number of nitrogens with zero attached hydrogens (tertiary/aromatic N) is 1. The second-order valence-electron chi connectivity index (χ2n) is 4.81. The van der Waals surface area contributed by atoms with Gasteiger partial charge >= 0.3 is 5.97 Å². The molecule has 1 aliphatic rings. The summed E-state index contributed by atoms with van der Waals surface area (Å²) < 4.78 is 1.40. The van der Waals surface area contributed by atoms with Crippen molar-refractivity contribution in [2.45, 2.75) is 44.6 Å². The number of aromatic nitrogens is 1. The van der Waals surface area contributed by atoms with Crippen LogP contribution in [0.2, 0.25) is 0 Å².